The van der Waals surface area contributed by atoms with Crippen molar-refractivity contribution in [3.05, 3.63) is 63.6 Å². The molecule has 0 unspecified atom stereocenters. The number of nitrogen functional groups attached to an aromatic ring is 1. The first-order valence-corrected chi connectivity index (χ1v) is 7.19. The van der Waals surface area contributed by atoms with E-state index in [-0.39, 0.29) is 11.9 Å². The van der Waals surface area contributed by atoms with E-state index in [4.69, 9.17) is 5.73 Å². The Morgan fingerprint density at radius 3 is 2.65 bits per heavy atom. The molecule has 0 saturated heterocycles. The molecule has 1 atom stereocenters. The van der Waals surface area contributed by atoms with Crippen molar-refractivity contribution in [1.29, 1.82) is 0 Å². The Hall–Kier alpha value is -1.81. The van der Waals surface area contributed by atoms with Crippen LogP contribution in [0, 0.1) is 6.92 Å². The quantitative estimate of drug-likeness (QED) is 0.839. The van der Waals surface area contributed by atoms with Gasteiger partial charge in [0.2, 0.25) is 0 Å². The number of rotatable bonds is 3. The van der Waals surface area contributed by atoms with Gasteiger partial charge in [0.25, 0.3) is 5.91 Å². The molecule has 3 nitrogen and oxygen atoms in total. The van der Waals surface area contributed by atoms with E-state index in [1.165, 1.54) is 0 Å². The number of benzene rings is 2. The van der Waals surface area contributed by atoms with E-state index in [0.29, 0.717) is 11.3 Å². The molecule has 20 heavy (non-hydrogen) atoms. The largest absolute Gasteiger partial charge is 0.399 e. The van der Waals surface area contributed by atoms with Gasteiger partial charge in [0.1, 0.15) is 0 Å². The second-order valence-electron chi connectivity index (χ2n) is 4.79. The van der Waals surface area contributed by atoms with Gasteiger partial charge in [-0.25, -0.2) is 0 Å². The van der Waals surface area contributed by atoms with E-state index in [0.717, 1.165) is 15.6 Å². The van der Waals surface area contributed by atoms with Gasteiger partial charge in [-0.1, -0.05) is 24.3 Å². The molecule has 0 saturated carbocycles. The number of nitrogens with two attached hydrogens (primary N) is 1. The number of carbonyl (C=O) groups is 1. The molecule has 0 aliphatic carbocycles. The highest BCUT2D eigenvalue weighted by molar-refractivity contribution is 9.10. The number of carbonyl (C=O) groups excluding carboxylic acids is 1. The van der Waals surface area contributed by atoms with Crippen molar-refractivity contribution in [3.63, 3.8) is 0 Å². The fourth-order valence-electron chi connectivity index (χ4n) is 2.14. The summed E-state index contributed by atoms with van der Waals surface area (Å²) in [5.41, 5.74) is 9.12. The van der Waals surface area contributed by atoms with Gasteiger partial charge in [-0.3, -0.25) is 4.79 Å². The van der Waals surface area contributed by atoms with Crippen LogP contribution in [0.4, 0.5) is 5.69 Å². The zero-order valence-electron chi connectivity index (χ0n) is 11.5. The Balaban J connectivity index is 2.20. The minimum absolute atomic E-state index is 0.0583. The van der Waals surface area contributed by atoms with Crippen molar-refractivity contribution in [2.75, 3.05) is 5.73 Å². The molecule has 0 radical (unpaired) electrons. The topological polar surface area (TPSA) is 55.1 Å². The molecule has 3 N–H and O–H groups in total. The first-order chi connectivity index (χ1) is 9.49. The lowest BCUT2D eigenvalue weighted by atomic mass is 10.0. The predicted molar refractivity (Wildman–Crippen MR) is 85.6 cm³/mol. The van der Waals surface area contributed by atoms with Crippen LogP contribution in [0.15, 0.2) is 46.9 Å². The van der Waals surface area contributed by atoms with Gasteiger partial charge < -0.3 is 11.1 Å². The normalized spacial score (nSPS) is 11.9. The highest BCUT2D eigenvalue weighted by Gasteiger charge is 2.15. The van der Waals surface area contributed by atoms with Crippen molar-refractivity contribution in [3.8, 4) is 0 Å². The Labute approximate surface area is 127 Å². The maximum absolute atomic E-state index is 12.3. The van der Waals surface area contributed by atoms with Crippen molar-refractivity contribution >= 4 is 27.5 Å². The lowest BCUT2D eigenvalue weighted by Crippen LogP contribution is -2.27. The third-order valence-corrected chi connectivity index (χ3v) is 3.93. The van der Waals surface area contributed by atoms with Crippen molar-refractivity contribution in [1.82, 2.24) is 5.32 Å². The van der Waals surface area contributed by atoms with Crippen LogP contribution >= 0.6 is 15.9 Å². The highest BCUT2D eigenvalue weighted by Crippen LogP contribution is 2.22. The molecule has 104 valence electrons. The summed E-state index contributed by atoms with van der Waals surface area (Å²) in [6.45, 7) is 4.01. The third kappa shape index (κ3) is 3.20. The van der Waals surface area contributed by atoms with Crippen molar-refractivity contribution < 1.29 is 4.79 Å². The van der Waals surface area contributed by atoms with Crippen molar-refractivity contribution in [2.24, 2.45) is 0 Å². The molecule has 0 spiro atoms. The minimum atomic E-state index is -0.139. The molecule has 0 bridgehead atoms. The fraction of sp³-hybridized carbons (Fsp3) is 0.188. The Bertz CT molecular complexity index is 640. The number of hydrogen-bond donors (Lipinski definition) is 2. The van der Waals surface area contributed by atoms with Crippen LogP contribution in [-0.4, -0.2) is 5.91 Å². The number of nitrogens with one attached hydrogen (secondary N) is 1. The summed E-state index contributed by atoms with van der Waals surface area (Å²) in [6, 6.07) is 13.2. The van der Waals surface area contributed by atoms with Crippen LogP contribution in [0.2, 0.25) is 0 Å². The summed E-state index contributed by atoms with van der Waals surface area (Å²) < 4.78 is 0.737. The van der Waals surface area contributed by atoms with E-state index in [1.807, 2.05) is 38.1 Å². The average molecular weight is 333 g/mol. The number of anilines is 1. The molecule has 0 aliphatic rings. The molecule has 1 amide bonds. The molecule has 2 aromatic rings. The van der Waals surface area contributed by atoms with Crippen LogP contribution in [0.5, 0.6) is 0 Å². The van der Waals surface area contributed by atoms with E-state index < -0.39 is 0 Å². The van der Waals surface area contributed by atoms with Gasteiger partial charge in [0.05, 0.1) is 11.6 Å². The average Bonchev–Trinajstić information content (AvgIpc) is 2.41. The lowest BCUT2D eigenvalue weighted by Gasteiger charge is -2.17. The standard InChI is InChI=1S/C16H17BrN2O/c1-10-5-3-4-6-13(10)11(2)19-16(20)14-9-12(18)7-8-15(14)17/h3-9,11H,18H2,1-2H3,(H,19,20)/t11-/m0/s1. The monoisotopic (exact) mass is 332 g/mol. The minimum Gasteiger partial charge on any atom is -0.399 e. The molecule has 0 fully saturated rings. The van der Waals surface area contributed by atoms with Crippen LogP contribution in [0.1, 0.15) is 34.5 Å². The SMILES string of the molecule is Cc1ccccc1[C@H](C)NC(=O)c1cc(N)ccc1Br. The predicted octanol–water partition coefficient (Wildman–Crippen LogP) is 3.83. The van der Waals surface area contributed by atoms with E-state index in [1.54, 1.807) is 18.2 Å². The molecule has 0 heterocycles. The van der Waals surface area contributed by atoms with E-state index >= 15 is 0 Å². The maximum atomic E-state index is 12.3. The van der Waals surface area contributed by atoms with Gasteiger partial charge in [0, 0.05) is 10.2 Å². The first-order valence-electron chi connectivity index (χ1n) is 6.40. The van der Waals surface area contributed by atoms with Gasteiger partial charge in [0.15, 0.2) is 0 Å². The van der Waals surface area contributed by atoms with E-state index in [2.05, 4.69) is 21.2 Å². The zero-order valence-corrected chi connectivity index (χ0v) is 13.1. The Kier molecular flexibility index (Phi) is 4.45. The highest BCUT2D eigenvalue weighted by atomic mass is 79.9. The number of amides is 1. The van der Waals surface area contributed by atoms with Gasteiger partial charge in [-0.15, -0.1) is 0 Å². The number of halogens is 1. The molecule has 4 heteroatoms. The van der Waals surface area contributed by atoms with Gasteiger partial charge in [-0.2, -0.15) is 0 Å². The summed E-state index contributed by atoms with van der Waals surface area (Å²) in [5.74, 6) is -0.139. The Morgan fingerprint density at radius 2 is 1.95 bits per heavy atom. The lowest BCUT2D eigenvalue weighted by molar-refractivity contribution is 0.0939. The summed E-state index contributed by atoms with van der Waals surface area (Å²) in [4.78, 5) is 12.3. The van der Waals surface area contributed by atoms with Gasteiger partial charge in [-0.05, 0) is 59.1 Å². The van der Waals surface area contributed by atoms with E-state index in [9.17, 15) is 4.79 Å². The zero-order chi connectivity index (χ0) is 14.7. The number of aryl methyl sites for hydroxylation is 1. The molecule has 2 aromatic carbocycles. The molecule has 0 aromatic heterocycles. The summed E-state index contributed by atoms with van der Waals surface area (Å²) in [7, 11) is 0. The van der Waals surface area contributed by atoms with Crippen LogP contribution < -0.4 is 11.1 Å². The maximum Gasteiger partial charge on any atom is 0.252 e. The Morgan fingerprint density at radius 1 is 1.25 bits per heavy atom. The van der Waals surface area contributed by atoms with Gasteiger partial charge >= 0.3 is 0 Å². The second-order valence-corrected chi connectivity index (χ2v) is 5.65. The second kappa shape index (κ2) is 6.09. The van der Waals surface area contributed by atoms with Crippen LogP contribution in [0.3, 0.4) is 0 Å². The van der Waals surface area contributed by atoms with Crippen molar-refractivity contribution in [2.45, 2.75) is 19.9 Å². The van der Waals surface area contributed by atoms with Crippen LogP contribution in [0.25, 0.3) is 0 Å². The molecular formula is C16H17BrN2O. The first kappa shape index (κ1) is 14.6. The molecular weight excluding hydrogens is 316 g/mol. The molecule has 2 rings (SSSR count). The summed E-state index contributed by atoms with van der Waals surface area (Å²) in [6.07, 6.45) is 0. The number of hydrogen-bond acceptors (Lipinski definition) is 2. The summed E-state index contributed by atoms with van der Waals surface area (Å²) in [5, 5.41) is 3.00. The summed E-state index contributed by atoms with van der Waals surface area (Å²) >= 11 is 3.38. The fourth-order valence-corrected chi connectivity index (χ4v) is 2.57. The van der Waals surface area contributed by atoms with Crippen LogP contribution in [-0.2, 0) is 0 Å². The molecule has 0 aliphatic heterocycles. The third-order valence-electron chi connectivity index (χ3n) is 3.24. The smallest absolute Gasteiger partial charge is 0.252 e.